The molecule has 2 aromatic carbocycles. The van der Waals surface area contributed by atoms with Crippen molar-refractivity contribution in [3.05, 3.63) is 64.2 Å². The van der Waals surface area contributed by atoms with Crippen molar-refractivity contribution >= 4 is 5.69 Å². The molecule has 0 aromatic heterocycles. The Labute approximate surface area is 121 Å². The third-order valence-corrected chi connectivity index (χ3v) is 2.94. The van der Waals surface area contributed by atoms with Crippen LogP contribution in [0.15, 0.2) is 48.5 Å². The fourth-order valence-corrected chi connectivity index (χ4v) is 1.83. The minimum Gasteiger partial charge on any atom is -0.497 e. The summed E-state index contributed by atoms with van der Waals surface area (Å²) in [6, 6.07) is 13.2. The molecule has 0 bridgehead atoms. The van der Waals surface area contributed by atoms with Crippen molar-refractivity contribution < 1.29 is 19.5 Å². The Balaban J connectivity index is 2.13. The zero-order valence-electron chi connectivity index (χ0n) is 11.4. The van der Waals surface area contributed by atoms with E-state index in [-0.39, 0.29) is 18.0 Å². The van der Waals surface area contributed by atoms with E-state index in [1.165, 1.54) is 25.3 Å². The van der Waals surface area contributed by atoms with E-state index in [0.717, 1.165) is 0 Å². The van der Waals surface area contributed by atoms with Crippen LogP contribution in [0.3, 0.4) is 0 Å². The van der Waals surface area contributed by atoms with Gasteiger partial charge in [-0.15, -0.1) is 0 Å². The van der Waals surface area contributed by atoms with Crippen LogP contribution in [0.25, 0.3) is 0 Å². The van der Waals surface area contributed by atoms with Gasteiger partial charge in [-0.05, 0) is 11.6 Å². The molecule has 0 aliphatic carbocycles. The molecular weight excluding hydrogens is 274 g/mol. The molecule has 2 rings (SSSR count). The Morgan fingerprint density at radius 3 is 2.57 bits per heavy atom. The van der Waals surface area contributed by atoms with Gasteiger partial charge in [0.15, 0.2) is 0 Å². The van der Waals surface area contributed by atoms with Gasteiger partial charge in [-0.2, -0.15) is 0 Å². The Morgan fingerprint density at radius 1 is 1.24 bits per heavy atom. The summed E-state index contributed by atoms with van der Waals surface area (Å²) in [6.45, 7) is -0.0853. The molecule has 0 heterocycles. The van der Waals surface area contributed by atoms with Crippen LogP contribution in [0.1, 0.15) is 11.7 Å². The largest absolute Gasteiger partial charge is 0.497 e. The molecule has 0 saturated carbocycles. The topological polar surface area (TPSA) is 81.8 Å². The molecule has 6 heteroatoms. The highest BCUT2D eigenvalue weighted by Gasteiger charge is 2.17. The van der Waals surface area contributed by atoms with Gasteiger partial charge >= 0.3 is 5.69 Å². The Bertz CT molecular complexity index is 615. The number of methoxy groups -OCH3 is 1. The van der Waals surface area contributed by atoms with E-state index in [1.54, 1.807) is 24.3 Å². The van der Waals surface area contributed by atoms with Crippen molar-refractivity contribution in [3.8, 4) is 11.5 Å². The molecule has 0 aliphatic heterocycles. The van der Waals surface area contributed by atoms with E-state index in [4.69, 9.17) is 9.47 Å². The molecule has 1 unspecified atom stereocenters. The number of hydrogen-bond donors (Lipinski definition) is 1. The van der Waals surface area contributed by atoms with E-state index in [9.17, 15) is 15.2 Å². The molecule has 0 spiro atoms. The van der Waals surface area contributed by atoms with Crippen molar-refractivity contribution in [1.29, 1.82) is 0 Å². The first-order valence-corrected chi connectivity index (χ1v) is 6.30. The average Bonchev–Trinajstić information content (AvgIpc) is 2.52. The molecule has 0 aliphatic rings. The number of rotatable bonds is 6. The summed E-state index contributed by atoms with van der Waals surface area (Å²) in [5.74, 6) is 0.513. The van der Waals surface area contributed by atoms with Gasteiger partial charge in [0.1, 0.15) is 18.5 Å². The highest BCUT2D eigenvalue weighted by Crippen LogP contribution is 2.31. The first-order valence-electron chi connectivity index (χ1n) is 6.30. The van der Waals surface area contributed by atoms with Gasteiger partial charge in [-0.3, -0.25) is 10.1 Å². The van der Waals surface area contributed by atoms with E-state index >= 15 is 0 Å². The van der Waals surface area contributed by atoms with Crippen LogP contribution in [-0.2, 0) is 0 Å². The lowest BCUT2D eigenvalue weighted by molar-refractivity contribution is -0.386. The van der Waals surface area contributed by atoms with E-state index in [0.29, 0.717) is 11.3 Å². The van der Waals surface area contributed by atoms with Crippen molar-refractivity contribution in [1.82, 2.24) is 0 Å². The van der Waals surface area contributed by atoms with Crippen LogP contribution in [0.4, 0.5) is 5.69 Å². The van der Waals surface area contributed by atoms with Gasteiger partial charge in [-0.1, -0.05) is 30.3 Å². The second kappa shape index (κ2) is 6.71. The van der Waals surface area contributed by atoms with Crippen LogP contribution in [0.2, 0.25) is 0 Å². The van der Waals surface area contributed by atoms with Crippen molar-refractivity contribution in [2.45, 2.75) is 6.10 Å². The smallest absolute Gasteiger partial charge is 0.311 e. The quantitative estimate of drug-likeness (QED) is 0.653. The normalized spacial score (nSPS) is 11.7. The van der Waals surface area contributed by atoms with Gasteiger partial charge in [0.05, 0.1) is 12.0 Å². The third kappa shape index (κ3) is 3.70. The highest BCUT2D eigenvalue weighted by molar-refractivity contribution is 5.50. The van der Waals surface area contributed by atoms with E-state index in [2.05, 4.69) is 0 Å². The van der Waals surface area contributed by atoms with Crippen LogP contribution in [0.5, 0.6) is 11.5 Å². The number of aliphatic hydroxyl groups is 1. The second-order valence-corrected chi connectivity index (χ2v) is 4.33. The second-order valence-electron chi connectivity index (χ2n) is 4.33. The molecule has 1 atom stereocenters. The van der Waals surface area contributed by atoms with Gasteiger partial charge < -0.3 is 14.6 Å². The van der Waals surface area contributed by atoms with E-state index in [1.807, 2.05) is 6.07 Å². The molecule has 0 saturated heterocycles. The molecule has 6 nitrogen and oxygen atoms in total. The van der Waals surface area contributed by atoms with Gasteiger partial charge in [0.2, 0.25) is 5.75 Å². The Hall–Kier alpha value is -2.60. The fraction of sp³-hybridized carbons (Fsp3) is 0.200. The number of hydrogen-bond acceptors (Lipinski definition) is 5. The maximum Gasteiger partial charge on any atom is 0.311 e. The van der Waals surface area contributed by atoms with Crippen LogP contribution in [-0.4, -0.2) is 23.7 Å². The standard InChI is InChI=1S/C15H15NO5/c1-20-12-7-8-13(16(18)19)15(9-12)21-10-14(17)11-5-3-2-4-6-11/h2-9,14,17H,10H2,1H3. The number of ether oxygens (including phenoxy) is 2. The number of nitro groups is 1. The highest BCUT2D eigenvalue weighted by atomic mass is 16.6. The summed E-state index contributed by atoms with van der Waals surface area (Å²) in [7, 11) is 1.46. The predicted molar refractivity (Wildman–Crippen MR) is 76.5 cm³/mol. The number of nitrogens with zero attached hydrogens (tertiary/aromatic N) is 1. The minimum atomic E-state index is -0.864. The van der Waals surface area contributed by atoms with Crippen LogP contribution < -0.4 is 9.47 Å². The van der Waals surface area contributed by atoms with Crippen molar-refractivity contribution in [3.63, 3.8) is 0 Å². The lowest BCUT2D eigenvalue weighted by atomic mass is 10.1. The molecule has 0 amide bonds. The molecular formula is C15H15NO5. The van der Waals surface area contributed by atoms with Gasteiger partial charge in [-0.25, -0.2) is 0 Å². The van der Waals surface area contributed by atoms with Crippen LogP contribution >= 0.6 is 0 Å². The molecule has 2 aromatic rings. The molecule has 1 N–H and O–H groups in total. The molecule has 0 radical (unpaired) electrons. The Kier molecular flexibility index (Phi) is 4.73. The van der Waals surface area contributed by atoms with E-state index < -0.39 is 11.0 Å². The summed E-state index contributed by atoms with van der Waals surface area (Å²) in [5.41, 5.74) is 0.513. The summed E-state index contributed by atoms with van der Waals surface area (Å²) in [5, 5.41) is 21.0. The molecule has 110 valence electrons. The number of benzene rings is 2. The van der Waals surface area contributed by atoms with Crippen molar-refractivity contribution in [2.24, 2.45) is 0 Å². The lowest BCUT2D eigenvalue weighted by Gasteiger charge is -2.13. The SMILES string of the molecule is COc1ccc([N+](=O)[O-])c(OCC(O)c2ccccc2)c1. The predicted octanol–water partition coefficient (Wildman–Crippen LogP) is 2.72. The summed E-state index contributed by atoms with van der Waals surface area (Å²) in [4.78, 5) is 10.4. The first kappa shape index (κ1) is 14.8. The number of nitro benzene ring substituents is 1. The maximum absolute atomic E-state index is 11.0. The lowest BCUT2D eigenvalue weighted by Crippen LogP contribution is -2.10. The van der Waals surface area contributed by atoms with Gasteiger partial charge in [0.25, 0.3) is 0 Å². The minimum absolute atomic E-state index is 0.0642. The Morgan fingerprint density at radius 2 is 1.95 bits per heavy atom. The summed E-state index contributed by atoms with van der Waals surface area (Å²) >= 11 is 0. The summed E-state index contributed by atoms with van der Waals surface area (Å²) < 4.78 is 10.4. The maximum atomic E-state index is 11.0. The van der Waals surface area contributed by atoms with Crippen molar-refractivity contribution in [2.75, 3.05) is 13.7 Å². The zero-order chi connectivity index (χ0) is 15.2. The summed E-state index contributed by atoms with van der Waals surface area (Å²) in [6.07, 6.45) is -0.864. The molecule has 21 heavy (non-hydrogen) atoms. The fourth-order valence-electron chi connectivity index (χ4n) is 1.83. The van der Waals surface area contributed by atoms with Crippen LogP contribution in [0, 0.1) is 10.1 Å². The molecule has 0 fully saturated rings. The number of aliphatic hydroxyl groups excluding tert-OH is 1. The third-order valence-electron chi connectivity index (χ3n) is 2.94. The zero-order valence-corrected chi connectivity index (χ0v) is 11.4. The monoisotopic (exact) mass is 289 g/mol. The first-order chi connectivity index (χ1) is 10.1. The average molecular weight is 289 g/mol. The van der Waals surface area contributed by atoms with Gasteiger partial charge in [0, 0.05) is 12.1 Å².